The zero-order chi connectivity index (χ0) is 24.3. The van der Waals surface area contributed by atoms with Crippen molar-refractivity contribution in [1.29, 1.82) is 0 Å². The van der Waals surface area contributed by atoms with Gasteiger partial charge in [-0.15, -0.1) is 0 Å². The fourth-order valence-corrected chi connectivity index (χ4v) is 6.37. The van der Waals surface area contributed by atoms with Crippen LogP contribution >= 0.6 is 0 Å². The molecule has 0 radical (unpaired) electrons. The molecule has 1 N–H and O–H groups in total. The van der Waals surface area contributed by atoms with E-state index in [0.29, 0.717) is 50.5 Å². The zero-order valence-corrected chi connectivity index (χ0v) is 20.8. The number of rotatable bonds is 7. The Labute approximate surface area is 201 Å². The van der Waals surface area contributed by atoms with Gasteiger partial charge in [0.1, 0.15) is 6.04 Å². The lowest BCUT2D eigenvalue weighted by atomic mass is 10.1. The molecular weight excluding hydrogens is 458 g/mol. The van der Waals surface area contributed by atoms with Gasteiger partial charge in [-0.05, 0) is 30.3 Å². The minimum atomic E-state index is -3.65. The molecule has 3 aliphatic rings. The van der Waals surface area contributed by atoms with Crippen LogP contribution in [0.5, 0.6) is 0 Å². The van der Waals surface area contributed by atoms with Crippen LogP contribution in [0.1, 0.15) is 19.4 Å². The molecule has 2 saturated heterocycles. The van der Waals surface area contributed by atoms with Gasteiger partial charge >= 0.3 is 0 Å². The number of sulfonamides is 1. The summed E-state index contributed by atoms with van der Waals surface area (Å²) in [6.45, 7) is 11.4. The van der Waals surface area contributed by atoms with Crippen LogP contribution in [0.2, 0.25) is 0 Å². The Morgan fingerprint density at radius 1 is 1.06 bits per heavy atom. The summed E-state index contributed by atoms with van der Waals surface area (Å²) in [5, 5.41) is 2.98. The Balaban J connectivity index is 1.41. The van der Waals surface area contributed by atoms with Gasteiger partial charge in [0.25, 0.3) is 0 Å². The van der Waals surface area contributed by atoms with Crippen molar-refractivity contribution in [3.63, 3.8) is 0 Å². The predicted octanol–water partition coefficient (Wildman–Crippen LogP) is -0.261. The first-order valence-electron chi connectivity index (χ1n) is 12.0. The average Bonchev–Trinajstić information content (AvgIpc) is 3.24. The zero-order valence-electron chi connectivity index (χ0n) is 20.0. The molecule has 188 valence electrons. The summed E-state index contributed by atoms with van der Waals surface area (Å²) in [7, 11) is -3.65. The van der Waals surface area contributed by atoms with E-state index in [4.69, 9.17) is 4.74 Å². The van der Waals surface area contributed by atoms with Gasteiger partial charge in [0.05, 0.1) is 18.1 Å². The number of ether oxygens (including phenoxy) is 1. The van der Waals surface area contributed by atoms with E-state index in [-0.39, 0.29) is 16.7 Å². The van der Waals surface area contributed by atoms with Crippen LogP contribution < -0.4 is 10.2 Å². The fourth-order valence-electron chi connectivity index (χ4n) is 4.91. The van der Waals surface area contributed by atoms with E-state index in [0.717, 1.165) is 39.3 Å². The van der Waals surface area contributed by atoms with Crippen LogP contribution in [-0.2, 0) is 30.8 Å². The molecule has 4 rings (SSSR count). The van der Waals surface area contributed by atoms with Crippen molar-refractivity contribution in [2.24, 2.45) is 0 Å². The molecule has 10 nitrogen and oxygen atoms in total. The number of likely N-dealkylation sites (N-methyl/N-ethyl adjacent to an activating group) is 1. The van der Waals surface area contributed by atoms with E-state index >= 15 is 0 Å². The fraction of sp³-hybridized carbons (Fsp3) is 0.652. The molecule has 0 aromatic heterocycles. The van der Waals surface area contributed by atoms with Gasteiger partial charge in [0.2, 0.25) is 21.8 Å². The number of amides is 2. The van der Waals surface area contributed by atoms with Crippen LogP contribution in [0.4, 0.5) is 5.69 Å². The number of benzene rings is 1. The molecule has 2 amide bonds. The number of fused-ring (bicyclic) bond motifs is 1. The largest absolute Gasteiger partial charge is 0.379 e. The third kappa shape index (κ3) is 5.28. The average molecular weight is 494 g/mol. The highest BCUT2D eigenvalue weighted by atomic mass is 32.2. The van der Waals surface area contributed by atoms with Crippen molar-refractivity contribution in [2.45, 2.75) is 31.2 Å². The highest BCUT2D eigenvalue weighted by molar-refractivity contribution is 7.89. The van der Waals surface area contributed by atoms with E-state index < -0.39 is 16.1 Å². The summed E-state index contributed by atoms with van der Waals surface area (Å²) in [5.41, 5.74) is 1.30. The van der Waals surface area contributed by atoms with Crippen molar-refractivity contribution in [3.8, 4) is 0 Å². The second kappa shape index (κ2) is 10.7. The molecule has 0 spiro atoms. The number of nitrogens with zero attached hydrogens (tertiary/aromatic N) is 4. The van der Waals surface area contributed by atoms with Crippen molar-refractivity contribution >= 4 is 27.5 Å². The van der Waals surface area contributed by atoms with Crippen LogP contribution in [-0.4, -0.2) is 112 Å². The standard InChI is InChI=1S/C23H35N5O5S/c1-3-25-8-10-26(11-9-25)7-6-24-23(30)22-17-19-16-20(4-5-21(19)28(22)18(2)29)34(31,32)27-12-14-33-15-13-27/h4-5,16,22H,3,6-15,17H2,1-2H3,(H,24,30)/t22-/m1/s1. The van der Waals surface area contributed by atoms with E-state index in [1.54, 1.807) is 12.1 Å². The first kappa shape index (κ1) is 25.1. The topological polar surface area (TPSA) is 102 Å². The van der Waals surface area contributed by atoms with Gasteiger partial charge in [0, 0.05) is 71.4 Å². The van der Waals surface area contributed by atoms with Gasteiger partial charge in [0.15, 0.2) is 0 Å². The predicted molar refractivity (Wildman–Crippen MR) is 128 cm³/mol. The Morgan fingerprint density at radius 2 is 1.74 bits per heavy atom. The monoisotopic (exact) mass is 493 g/mol. The molecule has 2 fully saturated rings. The number of anilines is 1. The van der Waals surface area contributed by atoms with Crippen LogP contribution in [0.3, 0.4) is 0 Å². The molecule has 0 saturated carbocycles. The van der Waals surface area contributed by atoms with Gasteiger partial charge in [-0.3, -0.25) is 19.4 Å². The van der Waals surface area contributed by atoms with Crippen LogP contribution in [0.25, 0.3) is 0 Å². The lowest BCUT2D eigenvalue weighted by Crippen LogP contribution is -2.51. The summed E-state index contributed by atoms with van der Waals surface area (Å²) in [6, 6.07) is 4.10. The summed E-state index contributed by atoms with van der Waals surface area (Å²) in [6.07, 6.45) is 0.294. The first-order valence-corrected chi connectivity index (χ1v) is 13.5. The highest BCUT2D eigenvalue weighted by Crippen LogP contribution is 2.35. The number of hydrogen-bond acceptors (Lipinski definition) is 7. The highest BCUT2D eigenvalue weighted by Gasteiger charge is 2.38. The third-order valence-corrected chi connectivity index (χ3v) is 8.82. The normalized spacial score (nSPS) is 22.5. The molecule has 1 aromatic rings. The van der Waals surface area contributed by atoms with Crippen LogP contribution in [0.15, 0.2) is 23.1 Å². The minimum Gasteiger partial charge on any atom is -0.379 e. The molecule has 11 heteroatoms. The Morgan fingerprint density at radius 3 is 2.38 bits per heavy atom. The smallest absolute Gasteiger partial charge is 0.243 e. The number of morpholine rings is 1. The van der Waals surface area contributed by atoms with Gasteiger partial charge in [-0.25, -0.2) is 8.42 Å². The molecule has 1 atom stereocenters. The molecule has 0 bridgehead atoms. The van der Waals surface area contributed by atoms with Crippen molar-refractivity contribution in [2.75, 3.05) is 77.0 Å². The minimum absolute atomic E-state index is 0.184. The Kier molecular flexibility index (Phi) is 7.88. The van der Waals surface area contributed by atoms with Crippen molar-refractivity contribution in [3.05, 3.63) is 23.8 Å². The molecule has 3 aliphatic heterocycles. The summed E-state index contributed by atoms with van der Waals surface area (Å²) < 4.78 is 32.8. The van der Waals surface area contributed by atoms with Gasteiger partial charge in [-0.2, -0.15) is 4.31 Å². The van der Waals surface area contributed by atoms with E-state index in [2.05, 4.69) is 22.0 Å². The molecule has 1 aromatic carbocycles. The lowest BCUT2D eigenvalue weighted by molar-refractivity contribution is -0.125. The van der Waals surface area contributed by atoms with Crippen molar-refractivity contribution in [1.82, 2.24) is 19.4 Å². The third-order valence-electron chi connectivity index (χ3n) is 6.92. The molecule has 34 heavy (non-hydrogen) atoms. The lowest BCUT2D eigenvalue weighted by Gasteiger charge is -2.34. The maximum Gasteiger partial charge on any atom is 0.243 e. The van der Waals surface area contributed by atoms with Crippen molar-refractivity contribution < 1.29 is 22.7 Å². The maximum atomic E-state index is 13.1. The van der Waals surface area contributed by atoms with E-state index in [1.807, 2.05) is 0 Å². The Hall–Kier alpha value is -2.05. The molecule has 3 heterocycles. The number of carbonyl (C=O) groups is 2. The van der Waals surface area contributed by atoms with Crippen LogP contribution in [0, 0.1) is 0 Å². The number of piperazine rings is 1. The number of carbonyl (C=O) groups excluding carboxylic acids is 2. The summed E-state index contributed by atoms with van der Waals surface area (Å²) in [5.74, 6) is -0.449. The van der Waals surface area contributed by atoms with E-state index in [9.17, 15) is 18.0 Å². The quantitative estimate of drug-likeness (QED) is 0.558. The second-order valence-electron chi connectivity index (χ2n) is 8.98. The second-order valence-corrected chi connectivity index (χ2v) is 10.9. The molecular formula is C23H35N5O5S. The summed E-state index contributed by atoms with van der Waals surface area (Å²) >= 11 is 0. The maximum absolute atomic E-state index is 13.1. The van der Waals surface area contributed by atoms with E-state index in [1.165, 1.54) is 22.2 Å². The summed E-state index contributed by atoms with van der Waals surface area (Å²) in [4.78, 5) is 31.9. The van der Waals surface area contributed by atoms with Gasteiger partial charge < -0.3 is 15.0 Å². The SMILES string of the molecule is CCN1CCN(CCNC(=O)[C@H]2Cc3cc(S(=O)(=O)N4CCOCC4)ccc3N2C(C)=O)CC1. The number of nitrogens with one attached hydrogen (secondary N) is 1. The number of hydrogen-bond donors (Lipinski definition) is 1. The van der Waals surface area contributed by atoms with Gasteiger partial charge in [-0.1, -0.05) is 6.92 Å². The Bertz CT molecular complexity index is 1000. The molecule has 0 unspecified atom stereocenters. The molecule has 0 aliphatic carbocycles. The first-order chi connectivity index (χ1) is 16.3.